The second kappa shape index (κ2) is 6.72. The van der Waals surface area contributed by atoms with E-state index < -0.39 is 6.04 Å². The molecule has 2 aliphatic rings. The van der Waals surface area contributed by atoms with Crippen LogP contribution in [0.5, 0.6) is 0 Å². The zero-order valence-corrected chi connectivity index (χ0v) is 15.2. The molecule has 0 radical (unpaired) electrons. The minimum Gasteiger partial charge on any atom is -0.378 e. The highest BCUT2D eigenvalue weighted by atomic mass is 16.5. The molecule has 1 saturated heterocycles. The number of hydrogen-bond donors (Lipinski definition) is 0. The molecule has 3 heterocycles. The van der Waals surface area contributed by atoms with Crippen molar-refractivity contribution >= 4 is 5.91 Å². The minimum absolute atomic E-state index is 0.0104. The molecular formula is C19H24N4O3. The summed E-state index contributed by atoms with van der Waals surface area (Å²) in [4.78, 5) is 27.5. The van der Waals surface area contributed by atoms with Gasteiger partial charge in [-0.3, -0.25) is 9.36 Å². The van der Waals surface area contributed by atoms with Crippen LogP contribution in [-0.2, 0) is 22.5 Å². The third-order valence-corrected chi connectivity index (χ3v) is 5.36. The standard InChI is InChI=1S/C19H24N4O3/c1-13-6-8-14(9-7-13)10-22-19(25)23-16(4-3-5-17(23)20-22)18(24)21-11-15(12-21)26-2/h6-9,15-16H,3-5,10-12H2,1-2H3. The Bertz CT molecular complexity index is 862. The highest BCUT2D eigenvalue weighted by Crippen LogP contribution is 2.26. The van der Waals surface area contributed by atoms with Crippen molar-refractivity contribution in [3.05, 3.63) is 51.7 Å². The lowest BCUT2D eigenvalue weighted by Crippen LogP contribution is -2.57. The Hall–Kier alpha value is -2.41. The smallest absolute Gasteiger partial charge is 0.346 e. The van der Waals surface area contributed by atoms with Crippen molar-refractivity contribution in [2.24, 2.45) is 0 Å². The van der Waals surface area contributed by atoms with Gasteiger partial charge >= 0.3 is 5.69 Å². The van der Waals surface area contributed by atoms with Gasteiger partial charge in [-0.25, -0.2) is 9.48 Å². The average Bonchev–Trinajstić information content (AvgIpc) is 2.92. The van der Waals surface area contributed by atoms with Crippen LogP contribution in [0.4, 0.5) is 0 Å². The van der Waals surface area contributed by atoms with E-state index in [0.29, 0.717) is 26.1 Å². The summed E-state index contributed by atoms with van der Waals surface area (Å²) in [7, 11) is 1.66. The number of fused-ring (bicyclic) bond motifs is 1. The maximum atomic E-state index is 12.9. The Morgan fingerprint density at radius 1 is 1.27 bits per heavy atom. The van der Waals surface area contributed by atoms with Crippen LogP contribution in [-0.4, -0.2) is 51.5 Å². The number of methoxy groups -OCH3 is 1. The Labute approximate surface area is 152 Å². The summed E-state index contributed by atoms with van der Waals surface area (Å²) in [5, 5.41) is 4.51. The largest absolute Gasteiger partial charge is 0.378 e. The van der Waals surface area contributed by atoms with E-state index in [0.717, 1.165) is 24.2 Å². The predicted molar refractivity (Wildman–Crippen MR) is 96.1 cm³/mol. The van der Waals surface area contributed by atoms with Gasteiger partial charge in [0, 0.05) is 26.6 Å². The number of carbonyl (C=O) groups is 1. The summed E-state index contributed by atoms with van der Waals surface area (Å²) in [6.45, 7) is 3.67. The van der Waals surface area contributed by atoms with Crippen LogP contribution in [0.25, 0.3) is 0 Å². The van der Waals surface area contributed by atoms with Crippen molar-refractivity contribution in [3.8, 4) is 0 Å². The Balaban J connectivity index is 1.58. The van der Waals surface area contributed by atoms with Crippen LogP contribution in [0.1, 0.15) is 35.8 Å². The van der Waals surface area contributed by atoms with Gasteiger partial charge in [0.1, 0.15) is 11.9 Å². The second-order valence-electron chi connectivity index (χ2n) is 7.22. The molecule has 138 valence electrons. The molecule has 1 fully saturated rings. The van der Waals surface area contributed by atoms with Crippen LogP contribution in [0.3, 0.4) is 0 Å². The van der Waals surface area contributed by atoms with Crippen molar-refractivity contribution in [3.63, 3.8) is 0 Å². The maximum absolute atomic E-state index is 12.9. The Morgan fingerprint density at radius 2 is 2.00 bits per heavy atom. The summed E-state index contributed by atoms with van der Waals surface area (Å²) in [6, 6.07) is 7.63. The number of nitrogens with zero attached hydrogens (tertiary/aromatic N) is 4. The van der Waals surface area contributed by atoms with E-state index in [2.05, 4.69) is 5.10 Å². The van der Waals surface area contributed by atoms with E-state index in [9.17, 15) is 9.59 Å². The number of amides is 1. The number of carbonyl (C=O) groups excluding carboxylic acids is 1. The zero-order chi connectivity index (χ0) is 18.3. The van der Waals surface area contributed by atoms with Gasteiger partial charge in [-0.15, -0.1) is 0 Å². The van der Waals surface area contributed by atoms with Gasteiger partial charge in [0.15, 0.2) is 0 Å². The Kier molecular flexibility index (Phi) is 4.40. The first-order valence-corrected chi connectivity index (χ1v) is 9.12. The molecular weight excluding hydrogens is 332 g/mol. The molecule has 1 unspecified atom stereocenters. The number of ether oxygens (including phenoxy) is 1. The van der Waals surface area contributed by atoms with E-state index >= 15 is 0 Å². The molecule has 26 heavy (non-hydrogen) atoms. The quantitative estimate of drug-likeness (QED) is 0.824. The van der Waals surface area contributed by atoms with Gasteiger partial charge in [0.2, 0.25) is 5.91 Å². The first-order valence-electron chi connectivity index (χ1n) is 9.12. The fourth-order valence-corrected chi connectivity index (χ4v) is 3.71. The fraction of sp³-hybridized carbons (Fsp3) is 0.526. The molecule has 2 aliphatic heterocycles. The zero-order valence-electron chi connectivity index (χ0n) is 15.2. The highest BCUT2D eigenvalue weighted by molar-refractivity contribution is 5.81. The summed E-state index contributed by atoms with van der Waals surface area (Å²) < 4.78 is 8.34. The summed E-state index contributed by atoms with van der Waals surface area (Å²) in [6.07, 6.45) is 2.42. The number of likely N-dealkylation sites (tertiary alicyclic amines) is 1. The second-order valence-corrected chi connectivity index (χ2v) is 7.22. The van der Waals surface area contributed by atoms with Gasteiger partial charge < -0.3 is 9.64 Å². The maximum Gasteiger partial charge on any atom is 0.346 e. The first-order chi connectivity index (χ1) is 12.6. The van der Waals surface area contributed by atoms with Crippen molar-refractivity contribution in [2.45, 2.75) is 44.9 Å². The third-order valence-electron chi connectivity index (χ3n) is 5.36. The average molecular weight is 356 g/mol. The van der Waals surface area contributed by atoms with E-state index in [1.165, 1.54) is 10.2 Å². The number of aryl methyl sites for hydroxylation is 2. The lowest BCUT2D eigenvalue weighted by Gasteiger charge is -2.40. The van der Waals surface area contributed by atoms with E-state index in [1.807, 2.05) is 31.2 Å². The first kappa shape index (κ1) is 17.0. The molecule has 0 aliphatic carbocycles. The molecule has 1 amide bonds. The van der Waals surface area contributed by atoms with Gasteiger partial charge in [-0.05, 0) is 25.3 Å². The molecule has 1 aromatic heterocycles. The summed E-state index contributed by atoms with van der Waals surface area (Å²) in [5.74, 6) is 0.728. The van der Waals surface area contributed by atoms with Gasteiger partial charge in [0.05, 0.1) is 12.6 Å². The highest BCUT2D eigenvalue weighted by Gasteiger charge is 2.38. The van der Waals surface area contributed by atoms with Crippen molar-refractivity contribution < 1.29 is 9.53 Å². The number of benzene rings is 1. The van der Waals surface area contributed by atoms with Gasteiger partial charge in [-0.2, -0.15) is 5.10 Å². The normalized spacial score (nSPS) is 19.9. The molecule has 7 nitrogen and oxygen atoms in total. The van der Waals surface area contributed by atoms with Crippen LogP contribution < -0.4 is 5.69 Å². The molecule has 0 bridgehead atoms. The third kappa shape index (κ3) is 2.96. The topological polar surface area (TPSA) is 69.4 Å². The molecule has 1 atom stereocenters. The molecule has 0 N–H and O–H groups in total. The molecule has 0 saturated carbocycles. The van der Waals surface area contributed by atoms with E-state index in [-0.39, 0.29) is 17.7 Å². The van der Waals surface area contributed by atoms with Crippen molar-refractivity contribution in [2.75, 3.05) is 20.2 Å². The fourth-order valence-electron chi connectivity index (χ4n) is 3.71. The van der Waals surface area contributed by atoms with Crippen LogP contribution >= 0.6 is 0 Å². The molecule has 7 heteroatoms. The molecule has 0 spiro atoms. The van der Waals surface area contributed by atoms with Crippen molar-refractivity contribution in [1.29, 1.82) is 0 Å². The van der Waals surface area contributed by atoms with E-state index in [1.54, 1.807) is 16.6 Å². The lowest BCUT2D eigenvalue weighted by molar-refractivity contribution is -0.147. The predicted octanol–water partition coefficient (Wildman–Crippen LogP) is 1.14. The molecule has 2 aromatic rings. The minimum atomic E-state index is -0.434. The lowest BCUT2D eigenvalue weighted by atomic mass is 10.0. The van der Waals surface area contributed by atoms with Gasteiger partial charge in [0.25, 0.3) is 0 Å². The van der Waals surface area contributed by atoms with Gasteiger partial charge in [-0.1, -0.05) is 29.8 Å². The SMILES string of the molecule is COC1CN(C(=O)C2CCCc3nn(Cc4ccc(C)cc4)c(=O)n32)C1. The number of aromatic nitrogens is 3. The number of hydrogen-bond acceptors (Lipinski definition) is 4. The van der Waals surface area contributed by atoms with Crippen LogP contribution in [0.2, 0.25) is 0 Å². The number of rotatable bonds is 4. The monoisotopic (exact) mass is 356 g/mol. The summed E-state index contributed by atoms with van der Waals surface area (Å²) >= 11 is 0. The molecule has 4 rings (SSSR count). The van der Waals surface area contributed by atoms with Crippen LogP contribution in [0.15, 0.2) is 29.1 Å². The summed E-state index contributed by atoms with van der Waals surface area (Å²) in [5.41, 5.74) is 2.02. The molecule has 1 aromatic carbocycles. The van der Waals surface area contributed by atoms with Crippen molar-refractivity contribution in [1.82, 2.24) is 19.2 Å². The van der Waals surface area contributed by atoms with E-state index in [4.69, 9.17) is 4.74 Å². The Morgan fingerprint density at radius 3 is 2.69 bits per heavy atom. The van der Waals surface area contributed by atoms with Crippen LogP contribution in [0, 0.1) is 6.92 Å².